The number of rotatable bonds is 10. The van der Waals surface area contributed by atoms with E-state index in [1.165, 1.54) is 6.92 Å². The molecule has 37 heavy (non-hydrogen) atoms. The fourth-order valence-corrected chi connectivity index (χ4v) is 3.78. The molecule has 2 aromatic carbocycles. The summed E-state index contributed by atoms with van der Waals surface area (Å²) in [6, 6.07) is 17.4. The number of hydrogen-bond acceptors (Lipinski definition) is 8. The van der Waals surface area contributed by atoms with Gasteiger partial charge in [0, 0.05) is 11.8 Å². The van der Waals surface area contributed by atoms with Gasteiger partial charge in [-0.05, 0) is 16.7 Å². The number of halogens is 3. The lowest BCUT2D eigenvalue weighted by Crippen LogP contribution is -2.61. The quantitative estimate of drug-likeness (QED) is 0.0762. The Morgan fingerprint density at radius 3 is 2.16 bits per heavy atom. The molecule has 2 aromatic rings. The average Bonchev–Trinajstić information content (AvgIpc) is 2.86. The molecule has 1 N–H and O–H groups in total. The molecular weight excluding hydrogens is 547 g/mol. The van der Waals surface area contributed by atoms with E-state index < -0.39 is 46.3 Å². The van der Waals surface area contributed by atoms with E-state index in [9.17, 15) is 10.3 Å². The van der Waals surface area contributed by atoms with E-state index >= 15 is 0 Å². The van der Waals surface area contributed by atoms with Crippen LogP contribution in [-0.4, -0.2) is 52.9 Å². The molecule has 13 heteroatoms. The summed E-state index contributed by atoms with van der Waals surface area (Å²) in [5.74, 6) is -1.36. The summed E-state index contributed by atoms with van der Waals surface area (Å²) in [7, 11) is 0. The van der Waals surface area contributed by atoms with Crippen molar-refractivity contribution >= 4 is 46.7 Å². The van der Waals surface area contributed by atoms with Crippen LogP contribution in [0.1, 0.15) is 18.1 Å². The lowest BCUT2D eigenvalue weighted by molar-refractivity contribution is -0.263. The van der Waals surface area contributed by atoms with Gasteiger partial charge in [0.2, 0.25) is 12.2 Å². The molecule has 198 valence electrons. The maximum atomic E-state index is 12.0. The predicted octanol–water partition coefficient (Wildman–Crippen LogP) is 5.49. The number of ether oxygens (including phenoxy) is 5. The highest BCUT2D eigenvalue weighted by Crippen LogP contribution is 2.34. The Labute approximate surface area is 228 Å². The average molecular weight is 572 g/mol. The lowest BCUT2D eigenvalue weighted by Gasteiger charge is -2.44. The van der Waals surface area contributed by atoms with E-state index in [1.54, 1.807) is 0 Å². The van der Waals surface area contributed by atoms with Gasteiger partial charge in [-0.25, -0.2) is 0 Å². The third-order valence-electron chi connectivity index (χ3n) is 5.27. The maximum absolute atomic E-state index is 12.0. The molecule has 10 nitrogen and oxygen atoms in total. The summed E-state index contributed by atoms with van der Waals surface area (Å²) >= 11 is 17.4. The summed E-state index contributed by atoms with van der Waals surface area (Å²) in [5, 5.41) is 11.8. The van der Waals surface area contributed by atoms with Crippen LogP contribution in [0.4, 0.5) is 0 Å². The predicted molar refractivity (Wildman–Crippen MR) is 137 cm³/mol. The van der Waals surface area contributed by atoms with Crippen molar-refractivity contribution < 1.29 is 28.5 Å². The second kappa shape index (κ2) is 13.8. The minimum absolute atomic E-state index is 0.0536. The fraction of sp³-hybridized carbons (Fsp3) is 0.417. The number of benzene rings is 2. The molecule has 1 saturated heterocycles. The van der Waals surface area contributed by atoms with Crippen molar-refractivity contribution in [1.82, 2.24) is 0 Å². The van der Waals surface area contributed by atoms with Crippen LogP contribution in [0.15, 0.2) is 65.8 Å². The highest BCUT2D eigenvalue weighted by Gasteiger charge is 2.50. The molecule has 0 saturated carbocycles. The first kappa shape index (κ1) is 29.0. The molecule has 5 atom stereocenters. The van der Waals surface area contributed by atoms with E-state index in [-0.39, 0.29) is 19.8 Å². The summed E-state index contributed by atoms with van der Waals surface area (Å²) in [6.45, 7) is 1.52. The number of carbonyl (C=O) groups is 1. The zero-order chi connectivity index (χ0) is 26.8. The topological polar surface area (TPSA) is 136 Å². The first-order valence-electron chi connectivity index (χ1n) is 11.2. The molecule has 1 fully saturated rings. The van der Waals surface area contributed by atoms with Gasteiger partial charge in [-0.15, -0.1) is 0 Å². The first-order chi connectivity index (χ1) is 17.7. The van der Waals surface area contributed by atoms with Crippen molar-refractivity contribution in [2.24, 2.45) is 5.11 Å². The van der Waals surface area contributed by atoms with Gasteiger partial charge in [0.25, 0.3) is 3.79 Å². The minimum Gasteiger partial charge on any atom is -0.457 e. The van der Waals surface area contributed by atoms with Crippen LogP contribution in [0.5, 0.6) is 0 Å². The van der Waals surface area contributed by atoms with Gasteiger partial charge < -0.3 is 23.7 Å². The Balaban J connectivity index is 1.89. The molecule has 0 bridgehead atoms. The number of esters is 1. The molecular formula is C24H25Cl3N4O6. The van der Waals surface area contributed by atoms with Crippen LogP contribution in [0.3, 0.4) is 0 Å². The van der Waals surface area contributed by atoms with Gasteiger partial charge in [-0.1, -0.05) is 101 Å². The Bertz CT molecular complexity index is 1080. The van der Waals surface area contributed by atoms with Crippen LogP contribution < -0.4 is 0 Å². The van der Waals surface area contributed by atoms with Crippen molar-refractivity contribution in [3.05, 3.63) is 82.2 Å². The molecule has 0 spiro atoms. The van der Waals surface area contributed by atoms with E-state index in [0.29, 0.717) is 0 Å². The zero-order valence-electron chi connectivity index (χ0n) is 19.7. The van der Waals surface area contributed by atoms with Crippen LogP contribution in [0.2, 0.25) is 0 Å². The second-order valence-corrected chi connectivity index (χ2v) is 10.3. The number of alkyl halides is 3. The number of carbonyl (C=O) groups excluding carboxylic acids is 1. The van der Waals surface area contributed by atoms with Crippen molar-refractivity contribution in [2.75, 3.05) is 6.61 Å². The summed E-state index contributed by atoms with van der Waals surface area (Å²) < 4.78 is 26.8. The van der Waals surface area contributed by atoms with Crippen molar-refractivity contribution in [1.29, 1.82) is 5.41 Å². The summed E-state index contributed by atoms with van der Waals surface area (Å²) in [6.07, 6.45) is -4.44. The smallest absolute Gasteiger partial charge is 0.303 e. The molecule has 1 aliphatic rings. The van der Waals surface area contributed by atoms with Gasteiger partial charge in [0.1, 0.15) is 18.2 Å². The first-order valence-corrected chi connectivity index (χ1v) is 12.3. The van der Waals surface area contributed by atoms with Gasteiger partial charge in [0.05, 0.1) is 19.8 Å². The van der Waals surface area contributed by atoms with Gasteiger partial charge >= 0.3 is 5.97 Å². The molecule has 0 unspecified atom stereocenters. The lowest BCUT2D eigenvalue weighted by atomic mass is 9.96. The zero-order valence-corrected chi connectivity index (χ0v) is 22.0. The Morgan fingerprint density at radius 2 is 1.62 bits per heavy atom. The Hall–Kier alpha value is -2.56. The number of hydrogen-bond donors (Lipinski definition) is 1. The number of azide groups is 1. The van der Waals surface area contributed by atoms with Gasteiger partial charge in [-0.3, -0.25) is 10.2 Å². The highest BCUT2D eigenvalue weighted by atomic mass is 35.6. The van der Waals surface area contributed by atoms with E-state index in [1.807, 2.05) is 60.7 Å². The summed E-state index contributed by atoms with van der Waals surface area (Å²) in [5.41, 5.74) is 11.0. The molecule has 3 rings (SSSR count). The Kier molecular flexibility index (Phi) is 10.8. The van der Waals surface area contributed by atoms with Crippen molar-refractivity contribution in [2.45, 2.75) is 54.6 Å². The molecule has 0 amide bonds. The Morgan fingerprint density at radius 1 is 1.03 bits per heavy atom. The van der Waals surface area contributed by atoms with E-state index in [2.05, 4.69) is 10.0 Å². The van der Waals surface area contributed by atoms with Crippen molar-refractivity contribution in [3.63, 3.8) is 0 Å². The molecule has 0 aliphatic carbocycles. The van der Waals surface area contributed by atoms with E-state index in [4.69, 9.17) is 63.9 Å². The maximum Gasteiger partial charge on any atom is 0.303 e. The highest BCUT2D eigenvalue weighted by molar-refractivity contribution is 6.76. The van der Waals surface area contributed by atoms with Crippen LogP contribution in [0, 0.1) is 5.41 Å². The largest absolute Gasteiger partial charge is 0.457 e. The van der Waals surface area contributed by atoms with Gasteiger partial charge in [-0.2, -0.15) is 0 Å². The standard InChI is InChI=1S/C24H25Cl3N4O6/c1-15(32)35-20-18(14-33-12-16-8-4-2-5-9-16)36-22(37-23(28)24(25,26)27)19(30-31-29)21(20)34-13-17-10-6-3-7-11-17/h2-11,18-22,28H,12-14H2,1H3/t18-,19-,20-,21-,22+/m1/s1. The third kappa shape index (κ3) is 8.76. The summed E-state index contributed by atoms with van der Waals surface area (Å²) in [4.78, 5) is 14.9. The number of nitrogens with one attached hydrogen (secondary N) is 1. The van der Waals surface area contributed by atoms with Crippen molar-refractivity contribution in [3.8, 4) is 0 Å². The third-order valence-corrected chi connectivity index (χ3v) is 5.79. The van der Waals surface area contributed by atoms with E-state index in [0.717, 1.165) is 11.1 Å². The molecule has 0 radical (unpaired) electrons. The molecule has 1 aliphatic heterocycles. The fourth-order valence-electron chi connectivity index (χ4n) is 3.65. The van der Waals surface area contributed by atoms with Crippen LogP contribution >= 0.6 is 34.8 Å². The molecule has 0 aromatic heterocycles. The second-order valence-electron chi connectivity index (χ2n) is 8.02. The minimum atomic E-state index is -2.20. The van der Waals surface area contributed by atoms with Crippen LogP contribution in [0.25, 0.3) is 10.4 Å². The van der Waals surface area contributed by atoms with Crippen LogP contribution in [-0.2, 0) is 41.7 Å². The van der Waals surface area contributed by atoms with Gasteiger partial charge in [0.15, 0.2) is 6.10 Å². The SMILES string of the molecule is CC(=O)O[C@H]1[C@H](OCc2ccccc2)[C@@H](N=[N+]=[N-])[C@H](OC(=N)C(Cl)(Cl)Cl)O[C@@H]1COCc1ccccc1. The molecule has 1 heterocycles. The normalized spacial score (nSPS) is 23.5. The number of nitrogens with zero attached hydrogens (tertiary/aromatic N) is 3. The monoisotopic (exact) mass is 570 g/mol.